The Balaban J connectivity index is 1.47. The second-order valence-electron chi connectivity index (χ2n) is 8.15. The van der Waals surface area contributed by atoms with Gasteiger partial charge in [-0.1, -0.05) is 43.7 Å². The van der Waals surface area contributed by atoms with Crippen molar-refractivity contribution >= 4 is 15.7 Å². The van der Waals surface area contributed by atoms with Gasteiger partial charge in [-0.05, 0) is 54.7 Å². The lowest BCUT2D eigenvalue weighted by Gasteiger charge is -2.16. The Bertz CT molecular complexity index is 967. The molecule has 4 nitrogen and oxygen atoms in total. The summed E-state index contributed by atoms with van der Waals surface area (Å²) in [7, 11) is -3.58. The maximum Gasteiger partial charge on any atom is 0.261 e. The van der Waals surface area contributed by atoms with Crippen molar-refractivity contribution in [3.8, 4) is 0 Å². The fourth-order valence-electron chi connectivity index (χ4n) is 4.58. The van der Waals surface area contributed by atoms with Crippen molar-refractivity contribution in [1.29, 1.82) is 0 Å². The van der Waals surface area contributed by atoms with Crippen LogP contribution in [0.2, 0.25) is 0 Å². The van der Waals surface area contributed by atoms with Gasteiger partial charge in [0.2, 0.25) is 0 Å². The van der Waals surface area contributed by atoms with E-state index >= 15 is 0 Å². The summed E-state index contributed by atoms with van der Waals surface area (Å²) in [5, 5.41) is 3.46. The number of nitrogens with one attached hydrogen (secondary N) is 2. The number of hydrogen-bond donors (Lipinski definition) is 2. The normalized spacial score (nSPS) is 25.9. The lowest BCUT2D eigenvalue weighted by atomic mass is 9.89. The molecule has 0 amide bonds. The Morgan fingerprint density at radius 3 is 2.43 bits per heavy atom. The second kappa shape index (κ2) is 7.05. The highest BCUT2D eigenvalue weighted by molar-refractivity contribution is 7.92. The number of sulfonamides is 1. The number of rotatable bonds is 8. The maximum atomic E-state index is 12.7. The van der Waals surface area contributed by atoms with Crippen LogP contribution < -0.4 is 10.0 Å². The van der Waals surface area contributed by atoms with Crippen LogP contribution in [0.3, 0.4) is 0 Å². The van der Waals surface area contributed by atoms with E-state index in [1.54, 1.807) is 12.1 Å². The number of piperidine rings is 1. The first-order valence-electron chi connectivity index (χ1n) is 10.0. The van der Waals surface area contributed by atoms with Gasteiger partial charge in [0.15, 0.2) is 0 Å². The summed E-state index contributed by atoms with van der Waals surface area (Å²) < 4.78 is 28.1. The zero-order chi connectivity index (χ0) is 19.8. The van der Waals surface area contributed by atoms with E-state index in [1.165, 1.54) is 11.1 Å². The van der Waals surface area contributed by atoms with E-state index < -0.39 is 10.0 Å². The molecule has 1 aliphatic heterocycles. The minimum absolute atomic E-state index is 0.125. The van der Waals surface area contributed by atoms with Crippen LogP contribution in [0.1, 0.15) is 37.3 Å². The van der Waals surface area contributed by atoms with Gasteiger partial charge in [-0.15, -0.1) is 6.58 Å². The smallest absolute Gasteiger partial charge is 0.261 e. The molecule has 1 saturated heterocycles. The SMILES string of the molecule is C=CC12CNCC1(c1ccc(NS(=O)(=O)c3ccc(CCCC)cc3)cc1)C2. The third kappa shape index (κ3) is 3.16. The summed E-state index contributed by atoms with van der Waals surface area (Å²) in [5.74, 6) is 0. The van der Waals surface area contributed by atoms with Gasteiger partial charge in [0.25, 0.3) is 10.0 Å². The lowest BCUT2D eigenvalue weighted by Crippen LogP contribution is -2.19. The van der Waals surface area contributed by atoms with Crippen LogP contribution >= 0.6 is 0 Å². The molecule has 0 spiro atoms. The molecule has 2 fully saturated rings. The van der Waals surface area contributed by atoms with Gasteiger partial charge < -0.3 is 5.32 Å². The molecule has 1 aliphatic carbocycles. The Morgan fingerprint density at radius 1 is 1.11 bits per heavy atom. The quantitative estimate of drug-likeness (QED) is 0.656. The minimum atomic E-state index is -3.58. The molecule has 2 unspecified atom stereocenters. The summed E-state index contributed by atoms with van der Waals surface area (Å²) in [6, 6.07) is 15.0. The predicted octanol–water partition coefficient (Wildman–Crippen LogP) is 4.25. The van der Waals surface area contributed by atoms with E-state index in [0.29, 0.717) is 10.6 Å². The van der Waals surface area contributed by atoms with E-state index in [2.05, 4.69) is 29.6 Å². The van der Waals surface area contributed by atoms with Crippen LogP contribution in [0.15, 0.2) is 66.1 Å². The Hall–Kier alpha value is -2.11. The minimum Gasteiger partial charge on any atom is -0.315 e. The third-order valence-electron chi connectivity index (χ3n) is 6.45. The Labute approximate surface area is 168 Å². The number of aryl methyl sites for hydroxylation is 1. The first-order chi connectivity index (χ1) is 13.4. The van der Waals surface area contributed by atoms with E-state index in [4.69, 9.17) is 0 Å². The lowest BCUT2D eigenvalue weighted by molar-refractivity contribution is 0.601. The summed E-state index contributed by atoms with van der Waals surface area (Å²) in [6.45, 7) is 8.09. The third-order valence-corrected chi connectivity index (χ3v) is 7.84. The molecule has 2 aromatic rings. The molecule has 28 heavy (non-hydrogen) atoms. The Morgan fingerprint density at radius 2 is 1.82 bits per heavy atom. The second-order valence-corrected chi connectivity index (χ2v) is 9.84. The van der Waals surface area contributed by atoms with Crippen LogP contribution in [-0.4, -0.2) is 21.5 Å². The van der Waals surface area contributed by atoms with Crippen LogP contribution in [-0.2, 0) is 21.9 Å². The van der Waals surface area contributed by atoms with Gasteiger partial charge in [-0.2, -0.15) is 0 Å². The molecular formula is C23H28N2O2S. The summed E-state index contributed by atoms with van der Waals surface area (Å²) in [5.41, 5.74) is 3.30. The van der Waals surface area contributed by atoms with Crippen molar-refractivity contribution in [3.63, 3.8) is 0 Å². The Kier molecular flexibility index (Phi) is 4.84. The monoisotopic (exact) mass is 396 g/mol. The van der Waals surface area contributed by atoms with Gasteiger partial charge in [-0.3, -0.25) is 4.72 Å². The molecule has 2 N–H and O–H groups in total. The molecule has 4 rings (SSSR count). The standard InChI is InChI=1S/C23H28N2O2S/c1-3-5-6-18-7-13-21(14-8-18)28(26,27)25-20-11-9-19(10-12-20)23-15-22(23,4-2)16-24-17-23/h4,7-14,24-25H,2-3,5-6,15-17H2,1H3. The number of benzene rings is 2. The average Bonchev–Trinajstić information content (AvgIpc) is 3.22. The van der Waals surface area contributed by atoms with Crippen molar-refractivity contribution in [1.82, 2.24) is 5.32 Å². The molecule has 2 atom stereocenters. The van der Waals surface area contributed by atoms with Crippen LogP contribution in [0.25, 0.3) is 0 Å². The first kappa shape index (κ1) is 19.2. The van der Waals surface area contributed by atoms with Gasteiger partial charge >= 0.3 is 0 Å². The fourth-order valence-corrected chi connectivity index (χ4v) is 5.64. The summed E-state index contributed by atoms with van der Waals surface area (Å²) in [6.07, 6.45) is 6.41. The molecule has 1 saturated carbocycles. The van der Waals surface area contributed by atoms with Crippen LogP contribution in [0, 0.1) is 5.41 Å². The predicted molar refractivity (Wildman–Crippen MR) is 114 cm³/mol. The van der Waals surface area contributed by atoms with Crippen molar-refractivity contribution < 1.29 is 8.42 Å². The van der Waals surface area contributed by atoms with E-state index in [9.17, 15) is 8.42 Å². The first-order valence-corrected chi connectivity index (χ1v) is 11.5. The molecule has 148 valence electrons. The zero-order valence-corrected chi connectivity index (χ0v) is 17.2. The van der Waals surface area contributed by atoms with Gasteiger partial charge in [0, 0.05) is 29.6 Å². The molecular weight excluding hydrogens is 368 g/mol. The highest BCUT2D eigenvalue weighted by Gasteiger charge is 2.68. The van der Waals surface area contributed by atoms with Gasteiger partial charge in [0.05, 0.1) is 4.90 Å². The highest BCUT2D eigenvalue weighted by atomic mass is 32.2. The molecule has 0 aromatic heterocycles. The molecule has 2 aliphatic rings. The van der Waals surface area contributed by atoms with Crippen molar-refractivity contribution in [2.45, 2.75) is 42.9 Å². The van der Waals surface area contributed by atoms with Gasteiger partial charge in [-0.25, -0.2) is 8.42 Å². The summed E-state index contributed by atoms with van der Waals surface area (Å²) >= 11 is 0. The number of fused-ring (bicyclic) bond motifs is 1. The molecule has 0 bridgehead atoms. The summed E-state index contributed by atoms with van der Waals surface area (Å²) in [4.78, 5) is 0.295. The van der Waals surface area contributed by atoms with E-state index in [0.717, 1.165) is 38.8 Å². The zero-order valence-electron chi connectivity index (χ0n) is 16.4. The van der Waals surface area contributed by atoms with Gasteiger partial charge in [0.1, 0.15) is 0 Å². The topological polar surface area (TPSA) is 58.2 Å². The molecule has 1 heterocycles. The van der Waals surface area contributed by atoms with Crippen molar-refractivity contribution in [2.24, 2.45) is 5.41 Å². The molecule has 5 heteroatoms. The maximum absolute atomic E-state index is 12.7. The average molecular weight is 397 g/mol. The van der Waals surface area contributed by atoms with E-state index in [1.807, 2.05) is 36.4 Å². The molecule has 2 aromatic carbocycles. The van der Waals surface area contributed by atoms with Crippen molar-refractivity contribution in [3.05, 3.63) is 72.3 Å². The molecule has 0 radical (unpaired) electrons. The number of unbranched alkanes of at least 4 members (excludes halogenated alkanes) is 1. The van der Waals surface area contributed by atoms with Crippen molar-refractivity contribution in [2.75, 3.05) is 17.8 Å². The number of hydrogen-bond acceptors (Lipinski definition) is 3. The van der Waals surface area contributed by atoms with Crippen LogP contribution in [0.5, 0.6) is 0 Å². The van der Waals surface area contributed by atoms with Crippen LogP contribution in [0.4, 0.5) is 5.69 Å². The fraction of sp³-hybridized carbons (Fsp3) is 0.391. The largest absolute Gasteiger partial charge is 0.315 e. The highest BCUT2D eigenvalue weighted by Crippen LogP contribution is 2.67. The number of anilines is 1. The van der Waals surface area contributed by atoms with E-state index in [-0.39, 0.29) is 10.8 Å².